The minimum Gasteiger partial charge on any atom is -0.388 e. The average Bonchev–Trinajstić information content (AvgIpc) is 2.47. The molecule has 0 heterocycles. The zero-order chi connectivity index (χ0) is 16.2. The molecule has 7 heteroatoms. The van der Waals surface area contributed by atoms with E-state index in [1.807, 2.05) is 0 Å². The molecule has 0 aliphatic rings. The number of hydrogen-bond acceptors (Lipinski definition) is 3. The predicted molar refractivity (Wildman–Crippen MR) is 77.6 cm³/mol. The molecule has 0 saturated carbocycles. The van der Waals surface area contributed by atoms with Gasteiger partial charge in [0.25, 0.3) is 0 Å². The van der Waals surface area contributed by atoms with Gasteiger partial charge in [0.15, 0.2) is 4.90 Å². The molecule has 0 aromatic heterocycles. The summed E-state index contributed by atoms with van der Waals surface area (Å²) in [5.41, 5.74) is 0.638. The van der Waals surface area contributed by atoms with Crippen molar-refractivity contribution in [2.24, 2.45) is 0 Å². The Morgan fingerprint density at radius 1 is 1.00 bits per heavy atom. The maximum atomic E-state index is 13.5. The first-order chi connectivity index (χ1) is 10.4. The second-order valence-electron chi connectivity index (χ2n) is 4.66. The lowest BCUT2D eigenvalue weighted by Gasteiger charge is -2.12. The fourth-order valence-electron chi connectivity index (χ4n) is 1.98. The molecule has 4 nitrogen and oxygen atoms in total. The second kappa shape index (κ2) is 6.95. The summed E-state index contributed by atoms with van der Waals surface area (Å²) in [6, 6.07) is 11.5. The van der Waals surface area contributed by atoms with E-state index in [-0.39, 0.29) is 13.0 Å². The van der Waals surface area contributed by atoms with Crippen LogP contribution in [-0.2, 0) is 10.0 Å². The lowest BCUT2D eigenvalue weighted by atomic mass is 10.1. The van der Waals surface area contributed by atoms with Crippen LogP contribution in [0, 0.1) is 11.6 Å². The molecule has 0 radical (unpaired) electrons. The molecular weight excluding hydrogens is 312 g/mol. The van der Waals surface area contributed by atoms with Gasteiger partial charge in [-0.25, -0.2) is 21.9 Å². The van der Waals surface area contributed by atoms with E-state index in [2.05, 4.69) is 4.72 Å². The van der Waals surface area contributed by atoms with Gasteiger partial charge in [0.1, 0.15) is 11.6 Å². The van der Waals surface area contributed by atoms with Crippen LogP contribution in [-0.4, -0.2) is 20.1 Å². The van der Waals surface area contributed by atoms with Crippen LogP contribution in [0.1, 0.15) is 18.1 Å². The van der Waals surface area contributed by atoms with Crippen molar-refractivity contribution >= 4 is 10.0 Å². The number of rotatable bonds is 6. The van der Waals surface area contributed by atoms with E-state index >= 15 is 0 Å². The summed E-state index contributed by atoms with van der Waals surface area (Å²) in [6.07, 6.45) is -0.784. The molecule has 2 N–H and O–H groups in total. The number of aliphatic hydroxyl groups is 1. The summed E-state index contributed by atoms with van der Waals surface area (Å²) in [4.78, 5) is -1.01. The Labute approximate surface area is 127 Å². The fourth-order valence-corrected chi connectivity index (χ4v) is 3.16. The maximum absolute atomic E-state index is 13.5. The zero-order valence-electron chi connectivity index (χ0n) is 11.5. The Balaban J connectivity index is 2.02. The van der Waals surface area contributed by atoms with Crippen molar-refractivity contribution in [3.63, 3.8) is 0 Å². The maximum Gasteiger partial charge on any atom is 0.246 e. The molecule has 0 bridgehead atoms. The van der Waals surface area contributed by atoms with Crippen LogP contribution in [0.15, 0.2) is 53.4 Å². The Morgan fingerprint density at radius 2 is 1.59 bits per heavy atom. The first-order valence-electron chi connectivity index (χ1n) is 6.58. The van der Waals surface area contributed by atoms with Crippen molar-refractivity contribution in [1.82, 2.24) is 4.72 Å². The Hall–Kier alpha value is -1.83. The van der Waals surface area contributed by atoms with Gasteiger partial charge >= 0.3 is 0 Å². The number of hydrogen-bond donors (Lipinski definition) is 2. The summed E-state index contributed by atoms with van der Waals surface area (Å²) < 4.78 is 52.9. The normalized spacial score (nSPS) is 13.0. The minimum atomic E-state index is -4.31. The van der Waals surface area contributed by atoms with Gasteiger partial charge in [0.05, 0.1) is 6.10 Å². The van der Waals surface area contributed by atoms with Gasteiger partial charge in [-0.15, -0.1) is 0 Å². The SMILES string of the molecule is O=S(=O)(NCC[C@@H](O)c1ccccc1)c1c(F)cccc1F. The molecule has 0 amide bonds. The number of halogens is 2. The third kappa shape index (κ3) is 3.88. The molecule has 0 fully saturated rings. The second-order valence-corrected chi connectivity index (χ2v) is 6.37. The molecule has 2 rings (SSSR count). The molecule has 0 aliphatic carbocycles. The van der Waals surface area contributed by atoms with Gasteiger partial charge in [0.2, 0.25) is 10.0 Å². The fraction of sp³-hybridized carbons (Fsp3) is 0.200. The molecule has 1 atom stereocenters. The van der Waals surface area contributed by atoms with Crippen molar-refractivity contribution in [2.45, 2.75) is 17.4 Å². The van der Waals surface area contributed by atoms with Crippen LogP contribution >= 0.6 is 0 Å². The third-order valence-corrected chi connectivity index (χ3v) is 4.59. The highest BCUT2D eigenvalue weighted by Gasteiger charge is 2.23. The molecule has 2 aromatic carbocycles. The largest absolute Gasteiger partial charge is 0.388 e. The molecule has 2 aromatic rings. The van der Waals surface area contributed by atoms with Gasteiger partial charge in [-0.1, -0.05) is 36.4 Å². The van der Waals surface area contributed by atoms with E-state index in [1.165, 1.54) is 0 Å². The van der Waals surface area contributed by atoms with E-state index in [4.69, 9.17) is 0 Å². The van der Waals surface area contributed by atoms with Crippen molar-refractivity contribution in [3.8, 4) is 0 Å². The molecule has 0 aliphatic heterocycles. The van der Waals surface area contributed by atoms with Gasteiger partial charge in [-0.3, -0.25) is 0 Å². The van der Waals surface area contributed by atoms with Gasteiger partial charge in [-0.2, -0.15) is 0 Å². The number of sulfonamides is 1. The molecule has 0 saturated heterocycles. The summed E-state index contributed by atoms with van der Waals surface area (Å²) in [6.45, 7) is -0.147. The van der Waals surface area contributed by atoms with Crippen molar-refractivity contribution in [2.75, 3.05) is 6.54 Å². The number of benzene rings is 2. The Kier molecular flexibility index (Phi) is 5.23. The van der Waals surface area contributed by atoms with E-state index in [9.17, 15) is 22.3 Å². The van der Waals surface area contributed by atoms with Crippen LogP contribution in [0.4, 0.5) is 8.78 Å². The zero-order valence-corrected chi connectivity index (χ0v) is 12.4. The highest BCUT2D eigenvalue weighted by Crippen LogP contribution is 2.19. The van der Waals surface area contributed by atoms with E-state index in [1.54, 1.807) is 30.3 Å². The lowest BCUT2D eigenvalue weighted by Crippen LogP contribution is -2.27. The average molecular weight is 327 g/mol. The number of nitrogens with one attached hydrogen (secondary N) is 1. The molecule has 0 spiro atoms. The van der Waals surface area contributed by atoms with Crippen LogP contribution in [0.2, 0.25) is 0 Å². The van der Waals surface area contributed by atoms with Crippen LogP contribution < -0.4 is 4.72 Å². The van der Waals surface area contributed by atoms with Crippen LogP contribution in [0.3, 0.4) is 0 Å². The number of aliphatic hydroxyl groups excluding tert-OH is 1. The van der Waals surface area contributed by atoms with Gasteiger partial charge in [-0.05, 0) is 24.1 Å². The lowest BCUT2D eigenvalue weighted by molar-refractivity contribution is 0.169. The molecule has 0 unspecified atom stereocenters. The van der Waals surface area contributed by atoms with Crippen molar-refractivity contribution < 1.29 is 22.3 Å². The third-order valence-electron chi connectivity index (χ3n) is 3.08. The Bertz CT molecular complexity index is 715. The first-order valence-corrected chi connectivity index (χ1v) is 8.07. The quantitative estimate of drug-likeness (QED) is 0.856. The van der Waals surface area contributed by atoms with Crippen LogP contribution in [0.5, 0.6) is 0 Å². The van der Waals surface area contributed by atoms with Gasteiger partial charge < -0.3 is 5.11 Å². The summed E-state index contributed by atoms with van der Waals surface area (Å²) >= 11 is 0. The highest BCUT2D eigenvalue weighted by atomic mass is 32.2. The summed E-state index contributed by atoms with van der Waals surface area (Å²) in [5, 5.41) is 9.91. The topological polar surface area (TPSA) is 66.4 Å². The van der Waals surface area contributed by atoms with E-state index in [0.717, 1.165) is 18.2 Å². The van der Waals surface area contributed by atoms with E-state index < -0.39 is 32.7 Å². The summed E-state index contributed by atoms with van der Waals surface area (Å²) in [7, 11) is -4.31. The molecular formula is C15H15F2NO3S. The minimum absolute atomic E-state index is 0.0827. The summed E-state index contributed by atoms with van der Waals surface area (Å²) in [5.74, 6) is -2.31. The molecule has 118 valence electrons. The van der Waals surface area contributed by atoms with Gasteiger partial charge in [0, 0.05) is 6.54 Å². The highest BCUT2D eigenvalue weighted by molar-refractivity contribution is 7.89. The monoisotopic (exact) mass is 327 g/mol. The predicted octanol–water partition coefficient (Wildman–Crippen LogP) is 2.37. The van der Waals surface area contributed by atoms with Crippen LogP contribution in [0.25, 0.3) is 0 Å². The standard InChI is InChI=1S/C15H15F2NO3S/c16-12-7-4-8-13(17)15(12)22(20,21)18-10-9-14(19)11-5-2-1-3-6-11/h1-8,14,18-19H,9-10H2/t14-/m1/s1. The van der Waals surface area contributed by atoms with Crippen molar-refractivity contribution in [1.29, 1.82) is 0 Å². The van der Waals surface area contributed by atoms with Crippen molar-refractivity contribution in [3.05, 3.63) is 65.7 Å². The smallest absolute Gasteiger partial charge is 0.246 e. The van der Waals surface area contributed by atoms with E-state index in [0.29, 0.717) is 5.56 Å². The molecule has 22 heavy (non-hydrogen) atoms. The Morgan fingerprint density at radius 3 is 2.18 bits per heavy atom. The first kappa shape index (κ1) is 16.5.